The summed E-state index contributed by atoms with van der Waals surface area (Å²) < 4.78 is 1.69. The molecule has 3 heterocycles. The quantitative estimate of drug-likeness (QED) is 0.657. The molecule has 0 radical (unpaired) electrons. The van der Waals surface area contributed by atoms with Crippen LogP contribution in [0.5, 0.6) is 0 Å². The predicted molar refractivity (Wildman–Crippen MR) is 89.7 cm³/mol. The SMILES string of the molecule is C=CCN1C[C@@]2(C(=O)O)CN(Cc3cn(CCO)nc3C)C[C@H]2C1=O. The van der Waals surface area contributed by atoms with E-state index in [9.17, 15) is 14.7 Å². The lowest BCUT2D eigenvalue weighted by Gasteiger charge is -2.24. The average molecular weight is 348 g/mol. The van der Waals surface area contributed by atoms with E-state index in [2.05, 4.69) is 11.7 Å². The first-order chi connectivity index (χ1) is 11.9. The number of carboxylic acids is 1. The number of aliphatic carboxylic acids is 1. The Hall–Kier alpha value is -2.19. The van der Waals surface area contributed by atoms with Crippen molar-refractivity contribution in [2.45, 2.75) is 20.0 Å². The van der Waals surface area contributed by atoms with Gasteiger partial charge >= 0.3 is 5.97 Å². The molecule has 2 aliphatic rings. The van der Waals surface area contributed by atoms with Crippen LogP contribution in [-0.4, -0.2) is 74.5 Å². The number of carbonyl (C=O) groups excluding carboxylic acids is 1. The van der Waals surface area contributed by atoms with Crippen molar-refractivity contribution < 1.29 is 19.8 Å². The van der Waals surface area contributed by atoms with E-state index in [4.69, 9.17) is 5.11 Å². The standard InChI is InChI=1S/C17H24N4O4/c1-3-4-20-11-17(16(24)25)10-19(9-14(17)15(20)23)7-13-8-21(5-6-22)18-12(13)2/h3,8,14,22H,1,4-7,9-11H2,2H3,(H,24,25)/t14-,17-/m0/s1. The maximum absolute atomic E-state index is 12.6. The summed E-state index contributed by atoms with van der Waals surface area (Å²) in [4.78, 5) is 28.2. The number of fused-ring (bicyclic) bond motifs is 1. The highest BCUT2D eigenvalue weighted by Gasteiger charge is 2.61. The molecule has 2 fully saturated rings. The summed E-state index contributed by atoms with van der Waals surface area (Å²) in [6.45, 7) is 7.93. The summed E-state index contributed by atoms with van der Waals surface area (Å²) in [5.41, 5.74) is 0.800. The Morgan fingerprint density at radius 3 is 2.88 bits per heavy atom. The number of aryl methyl sites for hydroxylation is 1. The minimum atomic E-state index is -1.05. The molecule has 0 aliphatic carbocycles. The summed E-state index contributed by atoms with van der Waals surface area (Å²) in [6, 6.07) is 0. The smallest absolute Gasteiger partial charge is 0.313 e. The molecule has 2 aliphatic heterocycles. The van der Waals surface area contributed by atoms with Gasteiger partial charge in [-0.25, -0.2) is 0 Å². The summed E-state index contributed by atoms with van der Waals surface area (Å²) >= 11 is 0. The van der Waals surface area contributed by atoms with Crippen LogP contribution in [0.3, 0.4) is 0 Å². The van der Waals surface area contributed by atoms with Gasteiger partial charge in [0.15, 0.2) is 0 Å². The summed E-state index contributed by atoms with van der Waals surface area (Å²) in [7, 11) is 0. The fourth-order valence-electron chi connectivity index (χ4n) is 4.01. The van der Waals surface area contributed by atoms with Gasteiger partial charge in [0.25, 0.3) is 0 Å². The van der Waals surface area contributed by atoms with Gasteiger partial charge in [0.2, 0.25) is 5.91 Å². The van der Waals surface area contributed by atoms with Crippen LogP contribution in [0.25, 0.3) is 0 Å². The first-order valence-electron chi connectivity index (χ1n) is 8.40. The van der Waals surface area contributed by atoms with E-state index >= 15 is 0 Å². The van der Waals surface area contributed by atoms with Crippen LogP contribution in [-0.2, 0) is 22.7 Å². The van der Waals surface area contributed by atoms with E-state index < -0.39 is 17.3 Å². The zero-order valence-electron chi connectivity index (χ0n) is 14.4. The van der Waals surface area contributed by atoms with Crippen LogP contribution in [0.4, 0.5) is 0 Å². The molecule has 2 N–H and O–H groups in total. The van der Waals surface area contributed by atoms with Gasteiger partial charge in [-0.3, -0.25) is 19.2 Å². The Morgan fingerprint density at radius 2 is 2.28 bits per heavy atom. The number of carbonyl (C=O) groups is 2. The fourth-order valence-corrected chi connectivity index (χ4v) is 4.01. The number of carboxylic acid groups (broad SMARTS) is 1. The van der Waals surface area contributed by atoms with Crippen molar-refractivity contribution in [3.63, 3.8) is 0 Å². The van der Waals surface area contributed by atoms with Gasteiger partial charge < -0.3 is 15.1 Å². The highest BCUT2D eigenvalue weighted by Crippen LogP contribution is 2.44. The van der Waals surface area contributed by atoms with E-state index in [1.165, 1.54) is 0 Å². The number of hydrogen-bond acceptors (Lipinski definition) is 5. The van der Waals surface area contributed by atoms with Gasteiger partial charge in [0.05, 0.1) is 24.8 Å². The number of nitrogens with zero attached hydrogens (tertiary/aromatic N) is 4. The second kappa shape index (κ2) is 6.61. The Kier molecular flexibility index (Phi) is 4.66. The Labute approximate surface area is 146 Å². The van der Waals surface area contributed by atoms with Gasteiger partial charge in [-0.05, 0) is 6.92 Å². The molecule has 0 aromatic carbocycles. The lowest BCUT2D eigenvalue weighted by Crippen LogP contribution is -2.40. The maximum atomic E-state index is 12.6. The third-order valence-electron chi connectivity index (χ3n) is 5.24. The van der Waals surface area contributed by atoms with Crippen LogP contribution < -0.4 is 0 Å². The zero-order chi connectivity index (χ0) is 18.2. The normalized spacial score (nSPS) is 26.2. The van der Waals surface area contributed by atoms with Crippen LogP contribution >= 0.6 is 0 Å². The number of likely N-dealkylation sites (tertiary alicyclic amines) is 2. The van der Waals surface area contributed by atoms with E-state index in [1.807, 2.05) is 18.0 Å². The topological polar surface area (TPSA) is 98.9 Å². The summed E-state index contributed by atoms with van der Waals surface area (Å²) in [5.74, 6) is -1.53. The van der Waals surface area contributed by atoms with Crippen molar-refractivity contribution in [1.82, 2.24) is 19.6 Å². The van der Waals surface area contributed by atoms with Crippen LogP contribution in [0.15, 0.2) is 18.9 Å². The molecule has 2 saturated heterocycles. The van der Waals surface area contributed by atoms with Gasteiger partial charge in [0.1, 0.15) is 5.41 Å². The van der Waals surface area contributed by atoms with E-state index in [0.29, 0.717) is 32.7 Å². The van der Waals surface area contributed by atoms with Crippen LogP contribution in [0.1, 0.15) is 11.3 Å². The van der Waals surface area contributed by atoms with Gasteiger partial charge in [-0.15, -0.1) is 6.58 Å². The molecular weight excluding hydrogens is 324 g/mol. The molecule has 136 valence electrons. The van der Waals surface area contributed by atoms with Crippen LogP contribution in [0.2, 0.25) is 0 Å². The average Bonchev–Trinajstić information content (AvgIpc) is 3.15. The number of amides is 1. The second-order valence-corrected chi connectivity index (χ2v) is 6.92. The van der Waals surface area contributed by atoms with Gasteiger partial charge in [-0.2, -0.15) is 5.10 Å². The Bertz CT molecular complexity index is 701. The Balaban J connectivity index is 1.77. The van der Waals surface area contributed by atoms with Gasteiger partial charge in [-0.1, -0.05) is 6.08 Å². The monoisotopic (exact) mass is 348 g/mol. The lowest BCUT2D eigenvalue weighted by molar-refractivity contribution is -0.149. The molecule has 1 aromatic heterocycles. The van der Waals surface area contributed by atoms with Crippen molar-refractivity contribution in [3.05, 3.63) is 30.1 Å². The van der Waals surface area contributed by atoms with Crippen molar-refractivity contribution in [2.75, 3.05) is 32.8 Å². The van der Waals surface area contributed by atoms with Crippen molar-refractivity contribution >= 4 is 11.9 Å². The van der Waals surface area contributed by atoms with Gasteiger partial charge in [0, 0.05) is 44.5 Å². The summed E-state index contributed by atoms with van der Waals surface area (Å²) in [5, 5.41) is 23.2. The fraction of sp³-hybridized carbons (Fsp3) is 0.588. The first-order valence-corrected chi connectivity index (χ1v) is 8.40. The molecule has 8 nitrogen and oxygen atoms in total. The molecule has 8 heteroatoms. The molecular formula is C17H24N4O4. The molecule has 0 unspecified atom stereocenters. The lowest BCUT2D eigenvalue weighted by atomic mass is 9.81. The number of aliphatic hydroxyl groups is 1. The number of aliphatic hydroxyl groups excluding tert-OH is 1. The van der Waals surface area contributed by atoms with Crippen molar-refractivity contribution in [3.8, 4) is 0 Å². The highest BCUT2D eigenvalue weighted by molar-refractivity contribution is 5.92. The Morgan fingerprint density at radius 1 is 1.52 bits per heavy atom. The van der Waals surface area contributed by atoms with Crippen molar-refractivity contribution in [1.29, 1.82) is 0 Å². The largest absolute Gasteiger partial charge is 0.481 e. The molecule has 1 aromatic rings. The van der Waals surface area contributed by atoms with Crippen molar-refractivity contribution in [2.24, 2.45) is 11.3 Å². The van der Waals surface area contributed by atoms with E-state index in [-0.39, 0.29) is 19.1 Å². The van der Waals surface area contributed by atoms with E-state index in [1.54, 1.807) is 15.7 Å². The maximum Gasteiger partial charge on any atom is 0.313 e. The third-order valence-corrected chi connectivity index (χ3v) is 5.24. The molecule has 3 rings (SSSR count). The predicted octanol–water partition coefficient (Wildman–Crippen LogP) is -0.285. The number of rotatable bonds is 7. The molecule has 0 saturated carbocycles. The molecule has 2 atom stereocenters. The second-order valence-electron chi connectivity index (χ2n) is 6.92. The molecule has 1 amide bonds. The number of aromatic nitrogens is 2. The number of hydrogen-bond donors (Lipinski definition) is 2. The molecule has 0 spiro atoms. The summed E-state index contributed by atoms with van der Waals surface area (Å²) in [6.07, 6.45) is 3.50. The zero-order valence-corrected chi connectivity index (χ0v) is 14.4. The van der Waals surface area contributed by atoms with E-state index in [0.717, 1.165) is 11.3 Å². The minimum absolute atomic E-state index is 0.0160. The molecule has 25 heavy (non-hydrogen) atoms. The third kappa shape index (κ3) is 2.96. The minimum Gasteiger partial charge on any atom is -0.481 e. The van der Waals surface area contributed by atoms with Crippen LogP contribution in [0, 0.1) is 18.3 Å². The molecule has 0 bridgehead atoms. The first kappa shape index (κ1) is 17.6. The highest BCUT2D eigenvalue weighted by atomic mass is 16.4.